The third-order valence-electron chi connectivity index (χ3n) is 2.72. The zero-order chi connectivity index (χ0) is 12.8. The van der Waals surface area contributed by atoms with Crippen LogP contribution in [0.4, 0.5) is 4.39 Å². The summed E-state index contributed by atoms with van der Waals surface area (Å²) in [4.78, 5) is 11.7. The number of ketones is 1. The van der Waals surface area contributed by atoms with E-state index in [1.165, 1.54) is 12.1 Å². The maximum atomic E-state index is 12.9. The minimum atomic E-state index is -0.301. The molecule has 1 aromatic rings. The number of Topliss-reactive ketones (excluding diaryl/α,β-unsaturated/α-hetero) is 1. The monoisotopic (exact) mass is 301 g/mol. The number of benzene rings is 1. The predicted molar refractivity (Wildman–Crippen MR) is 70.3 cm³/mol. The van der Waals surface area contributed by atoms with E-state index in [-0.39, 0.29) is 11.6 Å². The summed E-state index contributed by atoms with van der Waals surface area (Å²) in [5.41, 5.74) is 6.32. The van der Waals surface area contributed by atoms with Crippen LogP contribution in [0.5, 0.6) is 0 Å². The Morgan fingerprint density at radius 2 is 2.24 bits per heavy atom. The maximum absolute atomic E-state index is 12.9. The zero-order valence-corrected chi connectivity index (χ0v) is 11.5. The molecule has 0 bridgehead atoms. The van der Waals surface area contributed by atoms with Crippen molar-refractivity contribution in [3.8, 4) is 0 Å². The van der Waals surface area contributed by atoms with Crippen LogP contribution < -0.4 is 5.73 Å². The molecule has 0 aromatic heterocycles. The molecule has 17 heavy (non-hydrogen) atoms. The zero-order valence-electron chi connectivity index (χ0n) is 9.88. The van der Waals surface area contributed by atoms with E-state index in [1.807, 2.05) is 6.92 Å². The van der Waals surface area contributed by atoms with Crippen LogP contribution in [-0.4, -0.2) is 12.3 Å². The van der Waals surface area contributed by atoms with Crippen LogP contribution in [0.15, 0.2) is 22.7 Å². The van der Waals surface area contributed by atoms with E-state index in [0.717, 1.165) is 12.0 Å². The number of halogens is 2. The van der Waals surface area contributed by atoms with Crippen molar-refractivity contribution < 1.29 is 9.18 Å². The average molecular weight is 302 g/mol. The predicted octanol–water partition coefficient (Wildman–Crippen LogP) is 3.07. The number of carbonyl (C=O) groups excluding carboxylic acids is 1. The summed E-state index contributed by atoms with van der Waals surface area (Å²) in [6.45, 7) is 2.63. The highest BCUT2D eigenvalue weighted by Gasteiger charge is 2.09. The van der Waals surface area contributed by atoms with Crippen molar-refractivity contribution in [2.24, 2.45) is 11.7 Å². The molecule has 0 spiro atoms. The van der Waals surface area contributed by atoms with Crippen molar-refractivity contribution in [3.05, 3.63) is 34.1 Å². The number of hydrogen-bond acceptors (Lipinski definition) is 2. The van der Waals surface area contributed by atoms with Crippen LogP contribution in [0.25, 0.3) is 0 Å². The van der Waals surface area contributed by atoms with Gasteiger partial charge in [-0.05, 0) is 36.6 Å². The van der Waals surface area contributed by atoms with Gasteiger partial charge in [-0.3, -0.25) is 4.79 Å². The van der Waals surface area contributed by atoms with Crippen LogP contribution in [0.3, 0.4) is 0 Å². The number of carbonyl (C=O) groups is 1. The summed E-state index contributed by atoms with van der Waals surface area (Å²) in [6, 6.07) is 4.39. The van der Waals surface area contributed by atoms with Crippen molar-refractivity contribution >= 4 is 21.7 Å². The van der Waals surface area contributed by atoms with Gasteiger partial charge in [-0.2, -0.15) is 0 Å². The number of nitrogens with two attached hydrogens (primary N) is 1. The molecule has 4 heteroatoms. The fraction of sp³-hybridized carbons (Fsp3) is 0.462. The number of hydrogen-bond donors (Lipinski definition) is 1. The van der Waals surface area contributed by atoms with Crippen molar-refractivity contribution in [2.45, 2.75) is 26.2 Å². The molecule has 0 fully saturated rings. The first kappa shape index (κ1) is 14.3. The largest absolute Gasteiger partial charge is 0.330 e. The molecule has 1 unspecified atom stereocenters. The molecule has 0 saturated heterocycles. The van der Waals surface area contributed by atoms with E-state index in [1.54, 1.807) is 6.07 Å². The number of rotatable bonds is 6. The quantitative estimate of drug-likeness (QED) is 0.877. The van der Waals surface area contributed by atoms with Gasteiger partial charge >= 0.3 is 0 Å². The van der Waals surface area contributed by atoms with Crippen molar-refractivity contribution in [1.29, 1.82) is 0 Å². The van der Waals surface area contributed by atoms with Gasteiger partial charge in [0.25, 0.3) is 0 Å². The Labute approximate surface area is 110 Å². The highest BCUT2D eigenvalue weighted by molar-refractivity contribution is 9.10. The Hall–Kier alpha value is -0.740. The van der Waals surface area contributed by atoms with E-state index < -0.39 is 0 Å². The second-order valence-electron chi connectivity index (χ2n) is 4.33. The van der Waals surface area contributed by atoms with Gasteiger partial charge in [-0.15, -0.1) is 0 Å². The van der Waals surface area contributed by atoms with E-state index in [0.29, 0.717) is 29.8 Å². The summed E-state index contributed by atoms with van der Waals surface area (Å²) >= 11 is 3.26. The Kier molecular flexibility index (Phi) is 5.78. The van der Waals surface area contributed by atoms with Crippen molar-refractivity contribution in [1.82, 2.24) is 0 Å². The lowest BCUT2D eigenvalue weighted by Crippen LogP contribution is -2.13. The van der Waals surface area contributed by atoms with Gasteiger partial charge in [0.05, 0.1) is 0 Å². The second kappa shape index (κ2) is 6.87. The Balaban J connectivity index is 2.50. The van der Waals surface area contributed by atoms with Crippen LogP contribution in [0.1, 0.15) is 25.3 Å². The highest BCUT2D eigenvalue weighted by atomic mass is 79.9. The SMILES string of the molecule is CC(CN)CCC(=O)Cc1ccc(F)cc1Br. The van der Waals surface area contributed by atoms with E-state index >= 15 is 0 Å². The maximum Gasteiger partial charge on any atom is 0.137 e. The standard InChI is InChI=1S/C13H17BrFNO/c1-9(8-16)2-5-12(17)6-10-3-4-11(15)7-13(10)14/h3-4,7,9H,2,5-6,8,16H2,1H3. The molecule has 2 nitrogen and oxygen atoms in total. The third-order valence-corrected chi connectivity index (χ3v) is 3.46. The van der Waals surface area contributed by atoms with E-state index in [4.69, 9.17) is 5.73 Å². The fourth-order valence-corrected chi connectivity index (χ4v) is 1.98. The molecular weight excluding hydrogens is 285 g/mol. The molecule has 2 N–H and O–H groups in total. The van der Waals surface area contributed by atoms with Crippen molar-refractivity contribution in [3.63, 3.8) is 0 Å². The first-order valence-corrected chi connectivity index (χ1v) is 6.48. The van der Waals surface area contributed by atoms with Crippen molar-refractivity contribution in [2.75, 3.05) is 6.54 Å². The molecule has 0 radical (unpaired) electrons. The fourth-order valence-electron chi connectivity index (χ4n) is 1.49. The smallest absolute Gasteiger partial charge is 0.137 e. The molecule has 0 amide bonds. The van der Waals surface area contributed by atoms with E-state index in [2.05, 4.69) is 15.9 Å². The van der Waals surface area contributed by atoms with Gasteiger partial charge in [0.1, 0.15) is 11.6 Å². The molecule has 94 valence electrons. The highest BCUT2D eigenvalue weighted by Crippen LogP contribution is 2.19. The van der Waals surface area contributed by atoms with Gasteiger partial charge in [-0.1, -0.05) is 28.9 Å². The lowest BCUT2D eigenvalue weighted by Gasteiger charge is -2.08. The first-order chi connectivity index (χ1) is 8.02. The molecule has 1 aromatic carbocycles. The molecule has 0 saturated carbocycles. The molecule has 0 aliphatic rings. The summed E-state index contributed by atoms with van der Waals surface area (Å²) < 4.78 is 13.5. The first-order valence-electron chi connectivity index (χ1n) is 5.68. The molecule has 1 rings (SSSR count). The summed E-state index contributed by atoms with van der Waals surface area (Å²) in [5, 5.41) is 0. The topological polar surface area (TPSA) is 43.1 Å². The van der Waals surface area contributed by atoms with Crippen LogP contribution in [0, 0.1) is 11.7 Å². The average Bonchev–Trinajstić information content (AvgIpc) is 2.29. The Bertz CT molecular complexity index is 395. The lowest BCUT2D eigenvalue weighted by atomic mass is 10.0. The minimum absolute atomic E-state index is 0.164. The van der Waals surface area contributed by atoms with Gasteiger partial charge in [0.15, 0.2) is 0 Å². The molecule has 0 heterocycles. The summed E-state index contributed by atoms with van der Waals surface area (Å²) in [7, 11) is 0. The second-order valence-corrected chi connectivity index (χ2v) is 5.19. The van der Waals surface area contributed by atoms with Crippen LogP contribution in [0.2, 0.25) is 0 Å². The van der Waals surface area contributed by atoms with E-state index in [9.17, 15) is 9.18 Å². The van der Waals surface area contributed by atoms with Gasteiger partial charge < -0.3 is 5.73 Å². The minimum Gasteiger partial charge on any atom is -0.330 e. The Morgan fingerprint density at radius 3 is 2.82 bits per heavy atom. The Morgan fingerprint density at radius 1 is 1.53 bits per heavy atom. The third kappa shape index (κ3) is 4.96. The molecule has 0 aliphatic heterocycles. The summed E-state index contributed by atoms with van der Waals surface area (Å²) in [6.07, 6.45) is 1.69. The molecular formula is C13H17BrFNO. The molecule has 0 aliphatic carbocycles. The van der Waals surface area contributed by atoms with Gasteiger partial charge in [0.2, 0.25) is 0 Å². The van der Waals surface area contributed by atoms with Crippen LogP contribution >= 0.6 is 15.9 Å². The van der Waals surface area contributed by atoms with Gasteiger partial charge in [-0.25, -0.2) is 4.39 Å². The summed E-state index contributed by atoms with van der Waals surface area (Å²) in [5.74, 6) is 0.234. The van der Waals surface area contributed by atoms with Gasteiger partial charge in [0, 0.05) is 17.3 Å². The normalized spacial score (nSPS) is 12.5. The van der Waals surface area contributed by atoms with Crippen LogP contribution in [-0.2, 0) is 11.2 Å². The molecule has 1 atom stereocenters. The lowest BCUT2D eigenvalue weighted by molar-refractivity contribution is -0.118.